The van der Waals surface area contributed by atoms with Gasteiger partial charge in [0, 0.05) is 48.2 Å². The summed E-state index contributed by atoms with van der Waals surface area (Å²) in [5.41, 5.74) is 1.22. The molecule has 3 aliphatic rings. The molecule has 0 unspecified atom stereocenters. The van der Waals surface area contributed by atoms with Crippen LogP contribution in [0.1, 0.15) is 29.6 Å². The molecule has 3 fully saturated rings. The zero-order valence-electron chi connectivity index (χ0n) is 14.5. The fraction of sp³-hybridized carbons (Fsp3) is 0.474. The Balaban J connectivity index is 1.36. The first-order chi connectivity index (χ1) is 12.7. The van der Waals surface area contributed by atoms with Crippen molar-refractivity contribution in [1.82, 2.24) is 16.0 Å². The van der Waals surface area contributed by atoms with Gasteiger partial charge in [0.1, 0.15) is 5.58 Å². The fourth-order valence-corrected chi connectivity index (χ4v) is 4.37. The van der Waals surface area contributed by atoms with Crippen molar-refractivity contribution in [1.29, 1.82) is 0 Å². The Labute approximate surface area is 151 Å². The number of hydrogen-bond acceptors (Lipinski definition) is 5. The third-order valence-electron chi connectivity index (χ3n) is 5.74. The Bertz CT molecular complexity index is 877. The lowest BCUT2D eigenvalue weighted by Crippen LogP contribution is -2.48. The molecule has 4 heterocycles. The van der Waals surface area contributed by atoms with Crippen molar-refractivity contribution >= 4 is 28.7 Å². The summed E-state index contributed by atoms with van der Waals surface area (Å²) >= 11 is 0. The standard InChI is InChI=1S/C19H22N4O3/c24-17-10-20-5-6-23(17)18-8-11-1-2-12(7-16(11)26-18)19(25)22-15-9-13-3-4-14(15)21-13/h1-2,7-8,13-15,20-21H,3-6,9-10H2,(H,22,25)/t13-,14+,15-/m1/s1. The molecular weight excluding hydrogens is 332 g/mol. The molecular formula is C19H22N4O3. The molecule has 2 aromatic rings. The Kier molecular flexibility index (Phi) is 3.72. The first kappa shape index (κ1) is 15.8. The number of benzene rings is 1. The number of rotatable bonds is 3. The molecule has 0 radical (unpaired) electrons. The van der Waals surface area contributed by atoms with E-state index in [2.05, 4.69) is 16.0 Å². The summed E-state index contributed by atoms with van der Waals surface area (Å²) in [7, 11) is 0. The van der Waals surface area contributed by atoms with Crippen molar-refractivity contribution in [3.8, 4) is 0 Å². The average Bonchev–Trinajstić information content (AvgIpc) is 3.36. The normalized spacial score (nSPS) is 28.1. The number of carbonyl (C=O) groups excluding carboxylic acids is 2. The molecule has 0 spiro atoms. The van der Waals surface area contributed by atoms with E-state index in [4.69, 9.17) is 4.42 Å². The monoisotopic (exact) mass is 354 g/mol. The largest absolute Gasteiger partial charge is 0.440 e. The van der Waals surface area contributed by atoms with Gasteiger partial charge in [-0.3, -0.25) is 14.5 Å². The van der Waals surface area contributed by atoms with Gasteiger partial charge in [-0.05, 0) is 31.4 Å². The number of carbonyl (C=O) groups is 2. The molecule has 1 aromatic heterocycles. The number of hydrogen-bond donors (Lipinski definition) is 3. The fourth-order valence-electron chi connectivity index (χ4n) is 4.37. The Morgan fingerprint density at radius 1 is 1.27 bits per heavy atom. The number of amides is 2. The Morgan fingerprint density at radius 3 is 2.96 bits per heavy atom. The Morgan fingerprint density at radius 2 is 2.19 bits per heavy atom. The molecule has 1 aromatic carbocycles. The number of piperazine rings is 1. The maximum absolute atomic E-state index is 12.6. The summed E-state index contributed by atoms with van der Waals surface area (Å²) in [4.78, 5) is 26.3. The number of nitrogens with zero attached hydrogens (tertiary/aromatic N) is 1. The van der Waals surface area contributed by atoms with Gasteiger partial charge in [-0.1, -0.05) is 6.07 Å². The second kappa shape index (κ2) is 6.10. The molecule has 0 aliphatic carbocycles. The average molecular weight is 354 g/mol. The van der Waals surface area contributed by atoms with E-state index < -0.39 is 0 Å². The summed E-state index contributed by atoms with van der Waals surface area (Å²) in [6.45, 7) is 1.65. The van der Waals surface area contributed by atoms with E-state index in [1.165, 1.54) is 6.42 Å². The third kappa shape index (κ3) is 2.68. The van der Waals surface area contributed by atoms with E-state index in [9.17, 15) is 9.59 Å². The minimum atomic E-state index is -0.0672. The molecule has 2 bridgehead atoms. The number of nitrogens with one attached hydrogen (secondary N) is 3. The molecule has 3 saturated heterocycles. The van der Waals surface area contributed by atoms with Gasteiger partial charge in [0.2, 0.25) is 11.8 Å². The summed E-state index contributed by atoms with van der Waals surface area (Å²) in [6.07, 6.45) is 3.35. The molecule has 3 atom stereocenters. The van der Waals surface area contributed by atoms with Crippen LogP contribution in [-0.2, 0) is 4.79 Å². The van der Waals surface area contributed by atoms with Crippen LogP contribution in [0.2, 0.25) is 0 Å². The molecule has 136 valence electrons. The van der Waals surface area contributed by atoms with E-state index in [0.29, 0.717) is 42.2 Å². The van der Waals surface area contributed by atoms with E-state index in [1.807, 2.05) is 18.2 Å². The maximum atomic E-state index is 12.6. The molecule has 0 saturated carbocycles. The predicted octanol–water partition coefficient (Wildman–Crippen LogP) is 0.992. The number of fused-ring (bicyclic) bond motifs is 3. The van der Waals surface area contributed by atoms with Crippen LogP contribution < -0.4 is 20.9 Å². The summed E-state index contributed by atoms with van der Waals surface area (Å²) < 4.78 is 5.87. The highest BCUT2D eigenvalue weighted by molar-refractivity contribution is 6.00. The number of anilines is 1. The van der Waals surface area contributed by atoms with Crippen molar-refractivity contribution in [3.63, 3.8) is 0 Å². The maximum Gasteiger partial charge on any atom is 0.251 e. The second-order valence-corrected chi connectivity index (χ2v) is 7.42. The number of furan rings is 1. The zero-order valence-corrected chi connectivity index (χ0v) is 14.5. The van der Waals surface area contributed by atoms with Crippen molar-refractivity contribution in [2.24, 2.45) is 0 Å². The van der Waals surface area contributed by atoms with Crippen LogP contribution in [0.25, 0.3) is 11.0 Å². The SMILES string of the molecule is O=C(N[C@@H]1C[C@H]2CC[C@@H]1N2)c1ccc2cc(N3CCNCC3=O)oc2c1. The van der Waals surface area contributed by atoms with Crippen LogP contribution in [-0.4, -0.2) is 49.6 Å². The van der Waals surface area contributed by atoms with Crippen molar-refractivity contribution < 1.29 is 14.0 Å². The van der Waals surface area contributed by atoms with E-state index in [-0.39, 0.29) is 17.9 Å². The molecule has 3 N–H and O–H groups in total. The lowest BCUT2D eigenvalue weighted by Gasteiger charge is -2.24. The van der Waals surface area contributed by atoms with Gasteiger partial charge in [-0.25, -0.2) is 0 Å². The summed E-state index contributed by atoms with van der Waals surface area (Å²) in [5, 5.41) is 10.6. The topological polar surface area (TPSA) is 86.6 Å². The minimum absolute atomic E-state index is 0.00272. The molecule has 3 aliphatic heterocycles. The quantitative estimate of drug-likeness (QED) is 0.765. The first-order valence-electron chi connectivity index (χ1n) is 9.29. The van der Waals surface area contributed by atoms with Crippen molar-refractivity contribution in [3.05, 3.63) is 29.8 Å². The summed E-state index contributed by atoms with van der Waals surface area (Å²) in [5.74, 6) is 0.473. The minimum Gasteiger partial charge on any atom is -0.440 e. The highest BCUT2D eigenvalue weighted by Crippen LogP contribution is 2.30. The lowest BCUT2D eigenvalue weighted by atomic mass is 9.95. The van der Waals surface area contributed by atoms with Crippen LogP contribution in [0.3, 0.4) is 0 Å². The molecule has 7 nitrogen and oxygen atoms in total. The molecule has 2 amide bonds. The lowest BCUT2D eigenvalue weighted by molar-refractivity contribution is -0.118. The van der Waals surface area contributed by atoms with Crippen LogP contribution in [0.5, 0.6) is 0 Å². The van der Waals surface area contributed by atoms with E-state index >= 15 is 0 Å². The van der Waals surface area contributed by atoms with Crippen molar-refractivity contribution in [2.75, 3.05) is 24.5 Å². The summed E-state index contributed by atoms with van der Waals surface area (Å²) in [6, 6.07) is 8.49. The van der Waals surface area contributed by atoms with Crippen LogP contribution >= 0.6 is 0 Å². The molecule has 5 rings (SSSR count). The van der Waals surface area contributed by atoms with Gasteiger partial charge in [0.15, 0.2) is 0 Å². The van der Waals surface area contributed by atoms with Crippen LogP contribution in [0.15, 0.2) is 28.7 Å². The molecule has 26 heavy (non-hydrogen) atoms. The van der Waals surface area contributed by atoms with Gasteiger partial charge in [0.25, 0.3) is 5.91 Å². The Hall–Kier alpha value is -2.38. The van der Waals surface area contributed by atoms with Crippen LogP contribution in [0.4, 0.5) is 5.88 Å². The molecule has 7 heteroatoms. The second-order valence-electron chi connectivity index (χ2n) is 7.42. The van der Waals surface area contributed by atoms with E-state index in [1.54, 1.807) is 11.0 Å². The van der Waals surface area contributed by atoms with Crippen molar-refractivity contribution in [2.45, 2.75) is 37.4 Å². The third-order valence-corrected chi connectivity index (χ3v) is 5.74. The first-order valence-corrected chi connectivity index (χ1v) is 9.29. The highest BCUT2D eigenvalue weighted by atomic mass is 16.4. The van der Waals surface area contributed by atoms with Crippen LogP contribution in [0, 0.1) is 0 Å². The van der Waals surface area contributed by atoms with E-state index in [0.717, 1.165) is 24.8 Å². The van der Waals surface area contributed by atoms with Gasteiger partial charge >= 0.3 is 0 Å². The zero-order chi connectivity index (χ0) is 17.7. The predicted molar refractivity (Wildman–Crippen MR) is 97.3 cm³/mol. The highest BCUT2D eigenvalue weighted by Gasteiger charge is 2.39. The van der Waals surface area contributed by atoms with Gasteiger partial charge in [-0.2, -0.15) is 0 Å². The van der Waals surface area contributed by atoms with Gasteiger partial charge < -0.3 is 20.4 Å². The van der Waals surface area contributed by atoms with Gasteiger partial charge in [0.05, 0.1) is 6.54 Å². The van der Waals surface area contributed by atoms with Gasteiger partial charge in [-0.15, -0.1) is 0 Å². The smallest absolute Gasteiger partial charge is 0.251 e.